The number of hydrogen-bond donors (Lipinski definition) is 0. The van der Waals surface area contributed by atoms with Crippen LogP contribution in [0.1, 0.15) is 17.0 Å². The molecule has 35 heavy (non-hydrogen) atoms. The van der Waals surface area contributed by atoms with Crippen molar-refractivity contribution in [3.63, 3.8) is 0 Å². The lowest BCUT2D eigenvalue weighted by atomic mass is 10.1. The number of para-hydroxylation sites is 1. The fraction of sp³-hybridized carbons (Fsp3) is 0.0435. The van der Waals surface area contributed by atoms with Crippen LogP contribution in [0, 0.1) is 20.2 Å². The Bertz CT molecular complexity index is 1580. The summed E-state index contributed by atoms with van der Waals surface area (Å²) in [7, 11) is 0. The third-order valence-electron chi connectivity index (χ3n) is 5.05. The maximum absolute atomic E-state index is 13.6. The van der Waals surface area contributed by atoms with Crippen LogP contribution in [-0.4, -0.2) is 19.4 Å². The third-order valence-corrected chi connectivity index (χ3v) is 5.05. The van der Waals surface area contributed by atoms with Gasteiger partial charge in [0.1, 0.15) is 11.4 Å². The van der Waals surface area contributed by atoms with Crippen molar-refractivity contribution in [1.82, 2.24) is 9.55 Å². The van der Waals surface area contributed by atoms with Crippen LogP contribution in [0.15, 0.2) is 71.5 Å². The molecular formula is C23H13F3N4O5. The van der Waals surface area contributed by atoms with Gasteiger partial charge in [-0.15, -0.1) is 0 Å². The maximum Gasteiger partial charge on any atom is 0.423 e. The summed E-state index contributed by atoms with van der Waals surface area (Å²) in [6, 6.07) is 14.0. The van der Waals surface area contributed by atoms with Crippen molar-refractivity contribution in [2.24, 2.45) is 0 Å². The molecule has 0 aliphatic rings. The van der Waals surface area contributed by atoms with Crippen molar-refractivity contribution in [3.05, 3.63) is 114 Å². The Hall–Kier alpha value is -4.87. The number of nitrogens with zero attached hydrogens (tertiary/aromatic N) is 4. The number of rotatable bonds is 5. The van der Waals surface area contributed by atoms with Gasteiger partial charge in [-0.25, -0.2) is 4.98 Å². The highest BCUT2D eigenvalue weighted by molar-refractivity contribution is 5.80. The predicted molar refractivity (Wildman–Crippen MR) is 121 cm³/mol. The Morgan fingerprint density at radius 3 is 2.31 bits per heavy atom. The predicted octanol–water partition coefficient (Wildman–Crippen LogP) is 5.39. The van der Waals surface area contributed by atoms with E-state index < -0.39 is 32.8 Å². The van der Waals surface area contributed by atoms with Crippen molar-refractivity contribution in [2.45, 2.75) is 6.18 Å². The Balaban J connectivity index is 1.96. The molecule has 4 rings (SSSR count). The summed E-state index contributed by atoms with van der Waals surface area (Å²) in [5, 5.41) is 22.3. The van der Waals surface area contributed by atoms with Gasteiger partial charge in [0.05, 0.1) is 26.4 Å². The normalized spacial score (nSPS) is 11.7. The molecule has 0 saturated carbocycles. The highest BCUT2D eigenvalue weighted by Gasteiger charge is 2.38. The molecule has 0 N–H and O–H groups in total. The van der Waals surface area contributed by atoms with Gasteiger partial charge in [-0.1, -0.05) is 30.3 Å². The van der Waals surface area contributed by atoms with Crippen LogP contribution < -0.4 is 5.56 Å². The van der Waals surface area contributed by atoms with Crippen LogP contribution in [0.5, 0.6) is 0 Å². The molecule has 0 aliphatic heterocycles. The number of aromatic nitrogens is 2. The highest BCUT2D eigenvalue weighted by atomic mass is 19.4. The highest BCUT2D eigenvalue weighted by Crippen LogP contribution is 2.37. The fourth-order valence-corrected chi connectivity index (χ4v) is 3.47. The molecule has 0 amide bonds. The molecule has 4 aromatic rings. The van der Waals surface area contributed by atoms with Crippen LogP contribution >= 0.6 is 0 Å². The van der Waals surface area contributed by atoms with E-state index >= 15 is 0 Å². The molecule has 0 bridgehead atoms. The largest absolute Gasteiger partial charge is 0.423 e. The summed E-state index contributed by atoms with van der Waals surface area (Å²) in [6.07, 6.45) is -2.32. The summed E-state index contributed by atoms with van der Waals surface area (Å²) >= 11 is 0. The van der Waals surface area contributed by atoms with E-state index in [4.69, 9.17) is 0 Å². The standard InChI is InChI=1S/C23H13F3N4O5/c24-23(25,26)18-13-15(9-10-20(18)30(34)35)28-21(27-19-7-2-1-6-17(19)22(28)31)11-8-14-4-3-5-16(12-14)29(32)33/h1-13H/b11-8+. The van der Waals surface area contributed by atoms with Gasteiger partial charge in [-0.2, -0.15) is 13.2 Å². The van der Waals surface area contributed by atoms with Crippen LogP contribution in [-0.2, 0) is 6.18 Å². The summed E-state index contributed by atoms with van der Waals surface area (Å²) in [4.78, 5) is 38.0. The van der Waals surface area contributed by atoms with E-state index in [1.54, 1.807) is 24.3 Å². The van der Waals surface area contributed by atoms with E-state index in [9.17, 15) is 38.2 Å². The van der Waals surface area contributed by atoms with Gasteiger partial charge in [0.25, 0.3) is 16.9 Å². The average molecular weight is 482 g/mol. The smallest absolute Gasteiger partial charge is 0.268 e. The second-order valence-corrected chi connectivity index (χ2v) is 7.27. The lowest BCUT2D eigenvalue weighted by Crippen LogP contribution is -2.23. The summed E-state index contributed by atoms with van der Waals surface area (Å²) < 4.78 is 41.6. The second kappa shape index (κ2) is 8.82. The molecular weight excluding hydrogens is 469 g/mol. The third kappa shape index (κ3) is 4.62. The molecule has 1 heterocycles. The van der Waals surface area contributed by atoms with E-state index in [0.717, 1.165) is 10.6 Å². The molecule has 9 nitrogen and oxygen atoms in total. The number of non-ortho nitro benzene ring substituents is 1. The minimum Gasteiger partial charge on any atom is -0.268 e. The molecule has 0 atom stereocenters. The molecule has 12 heteroatoms. The van der Waals surface area contributed by atoms with Crippen molar-refractivity contribution in [1.29, 1.82) is 0 Å². The lowest BCUT2D eigenvalue weighted by Gasteiger charge is -2.14. The first kappa shape index (κ1) is 23.3. The number of nitro benzene ring substituents is 2. The number of halogens is 3. The van der Waals surface area contributed by atoms with E-state index in [1.807, 2.05) is 0 Å². The fourth-order valence-electron chi connectivity index (χ4n) is 3.47. The van der Waals surface area contributed by atoms with Gasteiger partial charge >= 0.3 is 6.18 Å². The number of nitro groups is 2. The summed E-state index contributed by atoms with van der Waals surface area (Å²) in [5.41, 5.74) is -3.19. The molecule has 0 spiro atoms. The lowest BCUT2D eigenvalue weighted by molar-refractivity contribution is -0.388. The van der Waals surface area contributed by atoms with Gasteiger partial charge in [0.15, 0.2) is 0 Å². The minimum atomic E-state index is -5.05. The molecule has 1 aromatic heterocycles. The molecule has 3 aromatic carbocycles. The first-order valence-corrected chi connectivity index (χ1v) is 9.86. The summed E-state index contributed by atoms with van der Waals surface area (Å²) in [5.74, 6) is -0.0813. The van der Waals surface area contributed by atoms with Crippen LogP contribution in [0.2, 0.25) is 0 Å². The number of alkyl halides is 3. The van der Waals surface area contributed by atoms with Crippen LogP contribution in [0.25, 0.3) is 28.7 Å². The molecule has 0 fully saturated rings. The van der Waals surface area contributed by atoms with E-state index in [-0.39, 0.29) is 28.1 Å². The van der Waals surface area contributed by atoms with Gasteiger partial charge < -0.3 is 0 Å². The summed E-state index contributed by atoms with van der Waals surface area (Å²) in [6.45, 7) is 0. The zero-order valence-corrected chi connectivity index (χ0v) is 17.5. The van der Waals surface area contributed by atoms with Crippen molar-refractivity contribution >= 4 is 34.4 Å². The second-order valence-electron chi connectivity index (χ2n) is 7.27. The zero-order valence-electron chi connectivity index (χ0n) is 17.5. The molecule has 0 saturated heterocycles. The van der Waals surface area contributed by atoms with Gasteiger partial charge in [-0.05, 0) is 35.9 Å². The van der Waals surface area contributed by atoms with E-state index in [0.29, 0.717) is 17.7 Å². The van der Waals surface area contributed by atoms with Crippen molar-refractivity contribution in [3.8, 4) is 5.69 Å². The molecule has 0 aliphatic carbocycles. The molecule has 0 unspecified atom stereocenters. The Labute approximate surface area is 193 Å². The number of hydrogen-bond acceptors (Lipinski definition) is 6. The monoisotopic (exact) mass is 482 g/mol. The Kier molecular flexibility index (Phi) is 5.87. The average Bonchev–Trinajstić information content (AvgIpc) is 2.82. The number of fused-ring (bicyclic) bond motifs is 1. The Morgan fingerprint density at radius 2 is 1.63 bits per heavy atom. The molecule has 176 valence electrons. The first-order valence-electron chi connectivity index (χ1n) is 9.86. The Morgan fingerprint density at radius 1 is 0.886 bits per heavy atom. The molecule has 0 radical (unpaired) electrons. The SMILES string of the molecule is O=c1c2ccccc2nc(/C=C/c2cccc([N+](=O)[O-])c2)n1-c1ccc([N+](=O)[O-])c(C(F)(F)F)c1. The zero-order chi connectivity index (χ0) is 25.3. The van der Waals surface area contributed by atoms with E-state index in [2.05, 4.69) is 4.98 Å². The minimum absolute atomic E-state index is 0.0813. The van der Waals surface area contributed by atoms with E-state index in [1.165, 1.54) is 36.4 Å². The number of benzene rings is 3. The quantitative estimate of drug-likeness (QED) is 0.278. The van der Waals surface area contributed by atoms with Crippen LogP contribution in [0.4, 0.5) is 24.5 Å². The van der Waals surface area contributed by atoms with Crippen LogP contribution in [0.3, 0.4) is 0 Å². The van der Waals surface area contributed by atoms with Crippen molar-refractivity contribution < 1.29 is 23.0 Å². The van der Waals surface area contributed by atoms with Gasteiger partial charge in [-0.3, -0.25) is 29.6 Å². The maximum atomic E-state index is 13.6. The van der Waals surface area contributed by atoms with Gasteiger partial charge in [0, 0.05) is 18.2 Å². The van der Waals surface area contributed by atoms with Gasteiger partial charge in [0.2, 0.25) is 0 Å². The van der Waals surface area contributed by atoms with Crippen molar-refractivity contribution in [2.75, 3.05) is 0 Å². The topological polar surface area (TPSA) is 121 Å². The first-order chi connectivity index (χ1) is 16.6.